The number of amides is 1. The SMILES string of the molecule is CC1=C(CCS(=O)(=O)c2ccc(C)cc2)C(=O)NC1S(=O)(=O)c1ccc(C)cc1. The molecular weight excluding hydrogens is 410 g/mol. The number of carbonyl (C=O) groups excluding carboxylic acids is 1. The van der Waals surface area contributed by atoms with Gasteiger partial charge >= 0.3 is 0 Å². The van der Waals surface area contributed by atoms with Gasteiger partial charge < -0.3 is 5.32 Å². The molecule has 0 fully saturated rings. The molecule has 3 rings (SSSR count). The first-order chi connectivity index (χ1) is 13.5. The van der Waals surface area contributed by atoms with E-state index in [0.717, 1.165) is 11.1 Å². The summed E-state index contributed by atoms with van der Waals surface area (Å²) in [5.74, 6) is -0.810. The van der Waals surface area contributed by atoms with Crippen LogP contribution in [0.25, 0.3) is 0 Å². The molecule has 1 N–H and O–H groups in total. The van der Waals surface area contributed by atoms with Crippen LogP contribution in [-0.4, -0.2) is 33.9 Å². The number of hydrogen-bond donors (Lipinski definition) is 1. The molecule has 0 saturated carbocycles. The van der Waals surface area contributed by atoms with Crippen molar-refractivity contribution in [2.45, 2.75) is 42.4 Å². The molecule has 0 aliphatic carbocycles. The second kappa shape index (κ2) is 7.76. The lowest BCUT2D eigenvalue weighted by molar-refractivity contribution is -0.116. The van der Waals surface area contributed by atoms with Crippen LogP contribution in [0, 0.1) is 13.8 Å². The molecule has 0 spiro atoms. The topological polar surface area (TPSA) is 97.4 Å². The molecule has 2 aromatic carbocycles. The molecule has 1 unspecified atom stereocenters. The summed E-state index contributed by atoms with van der Waals surface area (Å²) >= 11 is 0. The molecular formula is C21H23NO5S2. The average molecular weight is 434 g/mol. The molecule has 1 aliphatic rings. The molecule has 0 aromatic heterocycles. The lowest BCUT2D eigenvalue weighted by Crippen LogP contribution is -2.35. The zero-order valence-electron chi connectivity index (χ0n) is 16.5. The van der Waals surface area contributed by atoms with Gasteiger partial charge in [-0.15, -0.1) is 0 Å². The van der Waals surface area contributed by atoms with E-state index < -0.39 is 31.0 Å². The first kappa shape index (κ1) is 21.3. The second-order valence-corrected chi connectivity index (χ2v) is 11.4. The Morgan fingerprint density at radius 1 is 0.793 bits per heavy atom. The summed E-state index contributed by atoms with van der Waals surface area (Å²) in [4.78, 5) is 12.7. The van der Waals surface area contributed by atoms with Gasteiger partial charge in [0.1, 0.15) is 0 Å². The van der Waals surface area contributed by atoms with Gasteiger partial charge in [-0.2, -0.15) is 0 Å². The van der Waals surface area contributed by atoms with Crippen molar-refractivity contribution >= 4 is 25.6 Å². The molecule has 29 heavy (non-hydrogen) atoms. The van der Waals surface area contributed by atoms with Gasteiger partial charge in [0.2, 0.25) is 15.7 Å². The Kier molecular flexibility index (Phi) is 5.69. The van der Waals surface area contributed by atoms with Crippen molar-refractivity contribution in [3.63, 3.8) is 0 Å². The van der Waals surface area contributed by atoms with E-state index in [9.17, 15) is 21.6 Å². The Balaban J connectivity index is 1.84. The molecule has 0 bridgehead atoms. The van der Waals surface area contributed by atoms with Crippen molar-refractivity contribution in [2.75, 3.05) is 5.75 Å². The van der Waals surface area contributed by atoms with Crippen molar-refractivity contribution < 1.29 is 21.6 Å². The van der Waals surface area contributed by atoms with Gasteiger partial charge in [-0.05, 0) is 57.0 Å². The highest BCUT2D eigenvalue weighted by Crippen LogP contribution is 2.29. The van der Waals surface area contributed by atoms with E-state index in [-0.39, 0.29) is 27.5 Å². The predicted octanol–water partition coefficient (Wildman–Crippen LogP) is 2.71. The lowest BCUT2D eigenvalue weighted by atomic mass is 10.1. The molecule has 1 atom stereocenters. The van der Waals surface area contributed by atoms with Crippen molar-refractivity contribution in [2.24, 2.45) is 0 Å². The minimum atomic E-state index is -3.82. The van der Waals surface area contributed by atoms with E-state index in [2.05, 4.69) is 5.32 Å². The van der Waals surface area contributed by atoms with Crippen LogP contribution in [-0.2, 0) is 24.5 Å². The van der Waals surface area contributed by atoms with Gasteiger partial charge in [-0.3, -0.25) is 4.79 Å². The van der Waals surface area contributed by atoms with E-state index in [1.807, 2.05) is 13.8 Å². The molecule has 154 valence electrons. The summed E-state index contributed by atoms with van der Waals surface area (Å²) in [5, 5.41) is 1.31. The Bertz CT molecular complexity index is 1180. The number of nitrogens with one attached hydrogen (secondary N) is 1. The van der Waals surface area contributed by atoms with Gasteiger partial charge in [0.15, 0.2) is 15.2 Å². The second-order valence-electron chi connectivity index (χ2n) is 7.26. The molecule has 0 saturated heterocycles. The maximum absolute atomic E-state index is 12.9. The third-order valence-electron chi connectivity index (χ3n) is 5.07. The summed E-state index contributed by atoms with van der Waals surface area (Å²) < 4.78 is 51.0. The number of sulfone groups is 2. The minimum absolute atomic E-state index is 0.0478. The molecule has 1 aliphatic heterocycles. The third kappa shape index (κ3) is 4.28. The Morgan fingerprint density at radius 2 is 1.28 bits per heavy atom. The lowest BCUT2D eigenvalue weighted by Gasteiger charge is -2.14. The van der Waals surface area contributed by atoms with E-state index in [1.165, 1.54) is 24.3 Å². The normalized spacial score (nSPS) is 17.5. The fourth-order valence-corrected chi connectivity index (χ4v) is 6.15. The van der Waals surface area contributed by atoms with Crippen LogP contribution in [0.5, 0.6) is 0 Å². The largest absolute Gasteiger partial charge is 0.332 e. The zero-order valence-corrected chi connectivity index (χ0v) is 18.1. The summed E-state index contributed by atoms with van der Waals surface area (Å²) in [6, 6.07) is 12.9. The molecule has 8 heteroatoms. The van der Waals surface area contributed by atoms with Gasteiger partial charge in [-0.1, -0.05) is 35.4 Å². The monoisotopic (exact) mass is 433 g/mol. The molecule has 1 amide bonds. The zero-order chi connectivity index (χ0) is 21.4. The highest BCUT2D eigenvalue weighted by Gasteiger charge is 2.38. The Hall–Kier alpha value is -2.45. The van der Waals surface area contributed by atoms with E-state index >= 15 is 0 Å². The number of benzene rings is 2. The average Bonchev–Trinajstić information content (AvgIpc) is 2.95. The predicted molar refractivity (Wildman–Crippen MR) is 111 cm³/mol. The van der Waals surface area contributed by atoms with Crippen molar-refractivity contribution in [3.8, 4) is 0 Å². The maximum Gasteiger partial charge on any atom is 0.248 e. The quantitative estimate of drug-likeness (QED) is 0.755. The van der Waals surface area contributed by atoms with Gasteiger partial charge in [0, 0.05) is 5.57 Å². The minimum Gasteiger partial charge on any atom is -0.332 e. The Morgan fingerprint density at radius 3 is 1.79 bits per heavy atom. The van der Waals surface area contributed by atoms with Crippen LogP contribution in [0.4, 0.5) is 0 Å². The Labute approximate surface area is 171 Å². The first-order valence-electron chi connectivity index (χ1n) is 9.13. The highest BCUT2D eigenvalue weighted by molar-refractivity contribution is 7.92. The molecule has 2 aromatic rings. The smallest absolute Gasteiger partial charge is 0.248 e. The van der Waals surface area contributed by atoms with Crippen molar-refractivity contribution in [3.05, 3.63) is 70.8 Å². The fraction of sp³-hybridized carbons (Fsp3) is 0.286. The molecule has 0 radical (unpaired) electrons. The summed E-state index contributed by atoms with van der Waals surface area (Å²) in [6.07, 6.45) is -0.0478. The van der Waals surface area contributed by atoms with Crippen LogP contribution >= 0.6 is 0 Å². The van der Waals surface area contributed by atoms with E-state index in [1.54, 1.807) is 31.2 Å². The van der Waals surface area contributed by atoms with Crippen LogP contribution in [0.1, 0.15) is 24.5 Å². The van der Waals surface area contributed by atoms with Crippen molar-refractivity contribution in [1.82, 2.24) is 5.32 Å². The number of hydrogen-bond acceptors (Lipinski definition) is 5. The van der Waals surface area contributed by atoms with Gasteiger partial charge in [0.05, 0.1) is 15.5 Å². The summed E-state index contributed by atoms with van der Waals surface area (Å²) in [5.41, 5.74) is 2.42. The number of rotatable bonds is 6. The van der Waals surface area contributed by atoms with Gasteiger partial charge in [0.25, 0.3) is 0 Å². The highest BCUT2D eigenvalue weighted by atomic mass is 32.2. The van der Waals surface area contributed by atoms with E-state index in [4.69, 9.17) is 0 Å². The standard InChI is InChI=1S/C21H23NO5S2/c1-14-4-8-17(9-5-14)28(24,25)13-12-19-16(3)21(22-20(19)23)29(26,27)18-10-6-15(2)7-11-18/h4-11,21H,12-13H2,1-3H3,(H,22,23). The van der Waals surface area contributed by atoms with Crippen LogP contribution in [0.3, 0.4) is 0 Å². The number of carbonyl (C=O) groups is 1. The number of aryl methyl sites for hydroxylation is 2. The fourth-order valence-electron chi connectivity index (χ4n) is 3.24. The van der Waals surface area contributed by atoms with Crippen LogP contribution in [0.2, 0.25) is 0 Å². The van der Waals surface area contributed by atoms with Crippen LogP contribution < -0.4 is 5.32 Å². The first-order valence-corrected chi connectivity index (χ1v) is 12.3. The maximum atomic E-state index is 12.9. The van der Waals surface area contributed by atoms with E-state index in [0.29, 0.717) is 5.57 Å². The summed E-state index contributed by atoms with van der Waals surface area (Å²) in [7, 11) is -7.41. The van der Waals surface area contributed by atoms with Crippen LogP contribution in [0.15, 0.2) is 69.5 Å². The van der Waals surface area contributed by atoms with Gasteiger partial charge in [-0.25, -0.2) is 16.8 Å². The van der Waals surface area contributed by atoms with Crippen molar-refractivity contribution in [1.29, 1.82) is 0 Å². The molecule has 6 nitrogen and oxygen atoms in total. The summed E-state index contributed by atoms with van der Waals surface area (Å²) in [6.45, 7) is 5.27. The molecule has 1 heterocycles. The third-order valence-corrected chi connectivity index (χ3v) is 8.82.